The highest BCUT2D eigenvalue weighted by molar-refractivity contribution is 5.69. The number of esters is 1. The van der Waals surface area contributed by atoms with Crippen molar-refractivity contribution in [2.24, 2.45) is 11.8 Å². The number of ether oxygens (including phenoxy) is 3. The Kier molecular flexibility index (Phi) is 12.8. The largest absolute Gasteiger partial charge is 0.496 e. The van der Waals surface area contributed by atoms with Gasteiger partial charge in [0.15, 0.2) is 0 Å². The van der Waals surface area contributed by atoms with Crippen LogP contribution in [-0.4, -0.2) is 26.8 Å². The molecular formula is C30H46O4. The van der Waals surface area contributed by atoms with E-state index < -0.39 is 0 Å². The molecule has 2 aromatic carbocycles. The van der Waals surface area contributed by atoms with Gasteiger partial charge in [-0.15, -0.1) is 0 Å². The zero-order valence-electron chi connectivity index (χ0n) is 23.1. The third-order valence-corrected chi connectivity index (χ3v) is 6.21. The van der Waals surface area contributed by atoms with Crippen LogP contribution in [0.4, 0.5) is 0 Å². The Morgan fingerprint density at radius 2 is 1.44 bits per heavy atom. The van der Waals surface area contributed by atoms with Crippen LogP contribution in [0.25, 0.3) is 0 Å². The van der Waals surface area contributed by atoms with Gasteiger partial charge in [-0.3, -0.25) is 4.79 Å². The van der Waals surface area contributed by atoms with E-state index in [1.54, 1.807) is 14.2 Å². The van der Waals surface area contributed by atoms with E-state index in [9.17, 15) is 4.79 Å². The lowest BCUT2D eigenvalue weighted by Crippen LogP contribution is -2.12. The van der Waals surface area contributed by atoms with E-state index in [1.807, 2.05) is 13.8 Å². The molecule has 0 aliphatic rings. The molecule has 2 aromatic rings. The Morgan fingerprint density at radius 1 is 0.794 bits per heavy atom. The Morgan fingerprint density at radius 3 is 2.00 bits per heavy atom. The lowest BCUT2D eigenvalue weighted by atomic mass is 9.94. The van der Waals surface area contributed by atoms with Crippen molar-refractivity contribution in [1.82, 2.24) is 0 Å². The van der Waals surface area contributed by atoms with Crippen LogP contribution in [0.3, 0.4) is 0 Å². The van der Waals surface area contributed by atoms with Crippen LogP contribution in [0.15, 0.2) is 24.3 Å². The minimum atomic E-state index is -0.127. The summed E-state index contributed by atoms with van der Waals surface area (Å²) in [5, 5.41) is 0. The van der Waals surface area contributed by atoms with Crippen molar-refractivity contribution < 1.29 is 19.0 Å². The molecule has 2 unspecified atom stereocenters. The van der Waals surface area contributed by atoms with Gasteiger partial charge < -0.3 is 14.2 Å². The number of methoxy groups -OCH3 is 2. The molecule has 0 heterocycles. The van der Waals surface area contributed by atoms with Crippen LogP contribution in [0, 0.1) is 39.5 Å². The zero-order valence-corrected chi connectivity index (χ0v) is 23.1. The van der Waals surface area contributed by atoms with Gasteiger partial charge >= 0.3 is 5.97 Å². The van der Waals surface area contributed by atoms with Gasteiger partial charge in [0.25, 0.3) is 0 Å². The van der Waals surface area contributed by atoms with Crippen LogP contribution in [0.2, 0.25) is 0 Å². The van der Waals surface area contributed by atoms with Crippen molar-refractivity contribution in [1.29, 1.82) is 0 Å². The molecule has 0 aromatic heterocycles. The molecule has 0 bridgehead atoms. The Bertz CT molecular complexity index is 917. The van der Waals surface area contributed by atoms with Crippen LogP contribution < -0.4 is 9.47 Å². The highest BCUT2D eigenvalue weighted by Crippen LogP contribution is 2.28. The van der Waals surface area contributed by atoms with E-state index in [-0.39, 0.29) is 11.9 Å². The Balaban J connectivity index is 0.000000350. The molecule has 0 aliphatic heterocycles. The number of carbonyl (C=O) groups is 1. The highest BCUT2D eigenvalue weighted by atomic mass is 16.5. The first-order valence-corrected chi connectivity index (χ1v) is 12.5. The molecule has 0 radical (unpaired) electrons. The van der Waals surface area contributed by atoms with Crippen LogP contribution in [0.1, 0.15) is 73.9 Å². The number of carbonyl (C=O) groups excluding carboxylic acids is 1. The third kappa shape index (κ3) is 9.40. The average Bonchev–Trinajstić information content (AvgIpc) is 2.75. The van der Waals surface area contributed by atoms with Crippen molar-refractivity contribution in [3.63, 3.8) is 0 Å². The van der Waals surface area contributed by atoms with Gasteiger partial charge in [-0.05, 0) is 93.2 Å². The number of hydrogen-bond donors (Lipinski definition) is 0. The Labute approximate surface area is 208 Å². The maximum Gasteiger partial charge on any atom is 0.306 e. The lowest BCUT2D eigenvalue weighted by molar-refractivity contribution is -0.144. The minimum Gasteiger partial charge on any atom is -0.496 e. The van der Waals surface area contributed by atoms with Crippen molar-refractivity contribution in [3.05, 3.63) is 57.6 Å². The van der Waals surface area contributed by atoms with Crippen molar-refractivity contribution >= 4 is 5.97 Å². The molecule has 0 saturated carbocycles. The molecule has 4 nitrogen and oxygen atoms in total. The second-order valence-corrected chi connectivity index (χ2v) is 9.56. The smallest absolute Gasteiger partial charge is 0.306 e. The molecule has 0 fully saturated rings. The monoisotopic (exact) mass is 470 g/mol. The maximum absolute atomic E-state index is 11.5. The van der Waals surface area contributed by atoms with E-state index in [0.717, 1.165) is 41.4 Å². The second-order valence-electron chi connectivity index (χ2n) is 9.56. The van der Waals surface area contributed by atoms with Gasteiger partial charge in [0.2, 0.25) is 0 Å². The number of hydrogen-bond acceptors (Lipinski definition) is 4. The summed E-state index contributed by atoms with van der Waals surface area (Å²) in [4.78, 5) is 11.5. The summed E-state index contributed by atoms with van der Waals surface area (Å²) < 4.78 is 15.8. The number of benzene rings is 2. The highest BCUT2D eigenvalue weighted by Gasteiger charge is 2.15. The summed E-state index contributed by atoms with van der Waals surface area (Å²) >= 11 is 0. The first kappa shape index (κ1) is 29.5. The lowest BCUT2D eigenvalue weighted by Gasteiger charge is -2.16. The van der Waals surface area contributed by atoms with Gasteiger partial charge in [-0.25, -0.2) is 0 Å². The second kappa shape index (κ2) is 14.7. The molecular weight excluding hydrogens is 424 g/mol. The van der Waals surface area contributed by atoms with Crippen LogP contribution in [-0.2, 0) is 22.4 Å². The molecule has 34 heavy (non-hydrogen) atoms. The first-order valence-electron chi connectivity index (χ1n) is 12.5. The first-order chi connectivity index (χ1) is 16.1. The number of aryl methyl sites for hydroxylation is 4. The predicted molar refractivity (Wildman–Crippen MR) is 142 cm³/mol. The normalized spacial score (nSPS) is 12.3. The predicted octanol–water partition coefficient (Wildman–Crippen LogP) is 7.34. The van der Waals surface area contributed by atoms with E-state index in [0.29, 0.717) is 13.0 Å². The topological polar surface area (TPSA) is 44.8 Å². The summed E-state index contributed by atoms with van der Waals surface area (Å²) in [5.74, 6) is 2.81. The molecule has 0 spiro atoms. The SMILES string of the molecule is CCC(C)Cc1cc(OC)c(C)cc1C.CCOC(=O)CC(C)Cc1cc(C)cc(C)c1OC. The van der Waals surface area contributed by atoms with E-state index in [1.165, 1.54) is 28.7 Å². The average molecular weight is 471 g/mol. The summed E-state index contributed by atoms with van der Waals surface area (Å²) in [6.07, 6.45) is 3.66. The maximum atomic E-state index is 11.5. The fourth-order valence-electron chi connectivity index (χ4n) is 4.27. The Hall–Kier alpha value is -2.49. The molecule has 4 heteroatoms. The van der Waals surface area contributed by atoms with Gasteiger partial charge in [-0.1, -0.05) is 51.0 Å². The quantitative estimate of drug-likeness (QED) is 0.341. The third-order valence-electron chi connectivity index (χ3n) is 6.21. The molecule has 0 saturated heterocycles. The molecule has 0 aliphatic carbocycles. The van der Waals surface area contributed by atoms with E-state index in [4.69, 9.17) is 14.2 Å². The van der Waals surface area contributed by atoms with E-state index >= 15 is 0 Å². The van der Waals surface area contributed by atoms with Gasteiger partial charge in [0.05, 0.1) is 20.8 Å². The van der Waals surface area contributed by atoms with Crippen molar-refractivity contribution in [3.8, 4) is 11.5 Å². The molecule has 0 N–H and O–H groups in total. The summed E-state index contributed by atoms with van der Waals surface area (Å²) in [6.45, 7) is 17.3. The minimum absolute atomic E-state index is 0.127. The van der Waals surface area contributed by atoms with Crippen molar-refractivity contribution in [2.75, 3.05) is 20.8 Å². The van der Waals surface area contributed by atoms with Crippen LogP contribution >= 0.6 is 0 Å². The van der Waals surface area contributed by atoms with Crippen molar-refractivity contribution in [2.45, 2.75) is 81.1 Å². The summed E-state index contributed by atoms with van der Waals surface area (Å²) in [7, 11) is 3.43. The molecule has 2 rings (SSSR count). The number of rotatable bonds is 10. The standard InChI is InChI=1S/C16H24O3.C14H22O/c1-6-19-15(17)10-12(3)9-14-8-11(2)7-13(4)16(14)18-5;1-6-10(2)7-13-9-14(15-5)12(4)8-11(13)3/h7-8,12H,6,9-10H2,1-5H3;8-10H,6-7H2,1-5H3. The van der Waals surface area contributed by atoms with E-state index in [2.05, 4.69) is 65.8 Å². The fraction of sp³-hybridized carbons (Fsp3) is 0.567. The molecule has 2 atom stereocenters. The molecule has 0 amide bonds. The van der Waals surface area contributed by atoms with Gasteiger partial charge in [0.1, 0.15) is 11.5 Å². The summed E-state index contributed by atoms with van der Waals surface area (Å²) in [5.41, 5.74) is 7.55. The van der Waals surface area contributed by atoms with Gasteiger partial charge in [0, 0.05) is 6.42 Å². The molecule has 190 valence electrons. The summed E-state index contributed by atoms with van der Waals surface area (Å²) in [6, 6.07) is 8.65. The van der Waals surface area contributed by atoms with Gasteiger partial charge in [-0.2, -0.15) is 0 Å². The van der Waals surface area contributed by atoms with Crippen LogP contribution in [0.5, 0.6) is 11.5 Å². The fourth-order valence-corrected chi connectivity index (χ4v) is 4.27. The zero-order chi connectivity index (χ0) is 25.8.